The van der Waals surface area contributed by atoms with Crippen molar-refractivity contribution in [2.24, 2.45) is 0 Å². The molecule has 0 bridgehead atoms. The molecule has 1 atom stereocenters. The van der Waals surface area contributed by atoms with Crippen LogP contribution in [0.15, 0.2) is 0 Å². The zero-order valence-corrected chi connectivity index (χ0v) is 7.43. The van der Waals surface area contributed by atoms with E-state index in [0.717, 1.165) is 13.0 Å². The molecule has 0 aromatic heterocycles. The van der Waals surface area contributed by atoms with E-state index in [1.165, 1.54) is 20.0 Å². The summed E-state index contributed by atoms with van der Waals surface area (Å²) >= 11 is 0. The maximum Gasteiger partial charge on any atom is 0.406 e. The molecule has 4 nitrogen and oxygen atoms in total. The molecule has 70 valence electrons. The molecule has 0 saturated carbocycles. The first kappa shape index (κ1) is 9.32. The van der Waals surface area contributed by atoms with E-state index in [9.17, 15) is 4.79 Å². The number of carbonyl (C=O) groups is 1. The molecule has 1 aliphatic rings. The van der Waals surface area contributed by atoms with Gasteiger partial charge in [-0.15, -0.1) is 0 Å². The van der Waals surface area contributed by atoms with Crippen LogP contribution in [0.4, 0.5) is 4.79 Å². The van der Waals surface area contributed by atoms with Crippen LogP contribution in [0.1, 0.15) is 19.3 Å². The van der Waals surface area contributed by atoms with Gasteiger partial charge in [0.25, 0.3) is 0 Å². The van der Waals surface area contributed by atoms with Crippen LogP contribution in [0.5, 0.6) is 0 Å². The third-order valence-corrected chi connectivity index (χ3v) is 2.11. The predicted molar refractivity (Wildman–Crippen MR) is 46.0 cm³/mol. The molecule has 1 rings (SSSR count). The van der Waals surface area contributed by atoms with E-state index in [1.807, 2.05) is 0 Å². The van der Waals surface area contributed by atoms with Crippen LogP contribution < -0.4 is 10.6 Å². The average molecular weight is 172 g/mol. The van der Waals surface area contributed by atoms with E-state index in [1.54, 1.807) is 0 Å². The average Bonchev–Trinajstić information content (AvgIpc) is 2.57. The van der Waals surface area contributed by atoms with Crippen molar-refractivity contribution in [1.82, 2.24) is 10.6 Å². The van der Waals surface area contributed by atoms with Gasteiger partial charge in [-0.3, -0.25) is 0 Å². The van der Waals surface area contributed by atoms with Crippen LogP contribution in [0.3, 0.4) is 0 Å². The Morgan fingerprint density at radius 2 is 2.58 bits per heavy atom. The summed E-state index contributed by atoms with van der Waals surface area (Å²) in [6.07, 6.45) is 3.13. The number of alkyl carbamates (subject to hydrolysis) is 1. The number of hydrogen-bond acceptors (Lipinski definition) is 3. The van der Waals surface area contributed by atoms with Gasteiger partial charge in [0.05, 0.1) is 7.11 Å². The van der Waals surface area contributed by atoms with Crippen molar-refractivity contribution >= 4 is 6.09 Å². The molecular weight excluding hydrogens is 156 g/mol. The molecule has 1 amide bonds. The van der Waals surface area contributed by atoms with Gasteiger partial charge in [-0.05, 0) is 25.8 Å². The minimum absolute atomic E-state index is 0.340. The summed E-state index contributed by atoms with van der Waals surface area (Å²) in [6.45, 7) is 1.81. The number of methoxy groups -OCH3 is 1. The standard InChI is InChI=1S/C8H16N2O2/c1-12-8(11)10-6-4-7-3-2-5-9-7/h7,9H,2-6H2,1H3,(H,10,11)/t7-/m1/s1. The Morgan fingerprint density at radius 3 is 3.17 bits per heavy atom. The number of amides is 1. The lowest BCUT2D eigenvalue weighted by molar-refractivity contribution is 0.170. The van der Waals surface area contributed by atoms with Crippen LogP contribution in [0.25, 0.3) is 0 Å². The van der Waals surface area contributed by atoms with Gasteiger partial charge in [0.2, 0.25) is 0 Å². The van der Waals surface area contributed by atoms with Gasteiger partial charge in [-0.1, -0.05) is 0 Å². The topological polar surface area (TPSA) is 50.4 Å². The van der Waals surface area contributed by atoms with Crippen LogP contribution in [-0.4, -0.2) is 32.3 Å². The lowest BCUT2D eigenvalue weighted by Crippen LogP contribution is -2.30. The quantitative estimate of drug-likeness (QED) is 0.651. The highest BCUT2D eigenvalue weighted by Gasteiger charge is 2.13. The van der Waals surface area contributed by atoms with Gasteiger partial charge >= 0.3 is 6.09 Å². The van der Waals surface area contributed by atoms with Crippen LogP contribution in [-0.2, 0) is 4.74 Å². The van der Waals surface area contributed by atoms with Crippen molar-refractivity contribution in [3.8, 4) is 0 Å². The molecule has 0 aromatic carbocycles. The lowest BCUT2D eigenvalue weighted by Gasteiger charge is -2.09. The van der Waals surface area contributed by atoms with E-state index in [0.29, 0.717) is 12.6 Å². The fraction of sp³-hybridized carbons (Fsp3) is 0.875. The van der Waals surface area contributed by atoms with Crippen molar-refractivity contribution in [1.29, 1.82) is 0 Å². The van der Waals surface area contributed by atoms with E-state index in [2.05, 4.69) is 15.4 Å². The Labute approximate surface area is 72.7 Å². The first-order valence-electron chi connectivity index (χ1n) is 4.38. The number of carbonyl (C=O) groups excluding carboxylic acids is 1. The second kappa shape index (κ2) is 4.98. The summed E-state index contributed by atoms with van der Waals surface area (Å²) in [5.74, 6) is 0. The smallest absolute Gasteiger partial charge is 0.406 e. The van der Waals surface area contributed by atoms with Gasteiger partial charge in [0, 0.05) is 12.6 Å². The summed E-state index contributed by atoms with van der Waals surface area (Å²) in [7, 11) is 1.38. The molecule has 0 radical (unpaired) electrons. The Hall–Kier alpha value is -0.770. The van der Waals surface area contributed by atoms with Crippen molar-refractivity contribution < 1.29 is 9.53 Å². The highest BCUT2D eigenvalue weighted by Crippen LogP contribution is 2.07. The first-order valence-corrected chi connectivity index (χ1v) is 4.38. The zero-order valence-electron chi connectivity index (χ0n) is 7.43. The minimum atomic E-state index is -0.340. The third kappa shape index (κ3) is 3.09. The van der Waals surface area contributed by atoms with E-state index >= 15 is 0 Å². The summed E-state index contributed by atoms with van der Waals surface area (Å²) in [4.78, 5) is 10.6. The van der Waals surface area contributed by atoms with Crippen molar-refractivity contribution in [3.05, 3.63) is 0 Å². The first-order chi connectivity index (χ1) is 5.83. The Bertz CT molecular complexity index is 144. The summed E-state index contributed by atoms with van der Waals surface area (Å²) in [6, 6.07) is 0.585. The maximum atomic E-state index is 10.6. The molecule has 0 spiro atoms. The van der Waals surface area contributed by atoms with E-state index < -0.39 is 0 Å². The Kier molecular flexibility index (Phi) is 3.87. The van der Waals surface area contributed by atoms with Crippen molar-refractivity contribution in [2.75, 3.05) is 20.2 Å². The van der Waals surface area contributed by atoms with Crippen LogP contribution >= 0.6 is 0 Å². The van der Waals surface area contributed by atoms with Gasteiger partial charge in [0.1, 0.15) is 0 Å². The highest BCUT2D eigenvalue weighted by molar-refractivity contribution is 5.66. The molecular formula is C8H16N2O2. The van der Waals surface area contributed by atoms with Crippen molar-refractivity contribution in [2.45, 2.75) is 25.3 Å². The molecule has 2 N–H and O–H groups in total. The molecule has 0 aromatic rings. The third-order valence-electron chi connectivity index (χ3n) is 2.11. The van der Waals surface area contributed by atoms with Gasteiger partial charge in [0.15, 0.2) is 0 Å². The number of hydrogen-bond donors (Lipinski definition) is 2. The highest BCUT2D eigenvalue weighted by atomic mass is 16.5. The maximum absolute atomic E-state index is 10.6. The molecule has 1 fully saturated rings. The van der Waals surface area contributed by atoms with Gasteiger partial charge in [-0.25, -0.2) is 4.79 Å². The second-order valence-corrected chi connectivity index (χ2v) is 3.00. The number of rotatable bonds is 3. The van der Waals surface area contributed by atoms with Crippen molar-refractivity contribution in [3.63, 3.8) is 0 Å². The van der Waals surface area contributed by atoms with E-state index in [4.69, 9.17) is 0 Å². The predicted octanol–water partition coefficient (Wildman–Crippen LogP) is 0.484. The largest absolute Gasteiger partial charge is 0.453 e. The Morgan fingerprint density at radius 1 is 1.75 bits per heavy atom. The molecule has 0 unspecified atom stereocenters. The SMILES string of the molecule is COC(=O)NCC[C@H]1CCCN1. The molecule has 1 heterocycles. The minimum Gasteiger partial charge on any atom is -0.453 e. The molecule has 1 saturated heterocycles. The molecule has 1 aliphatic heterocycles. The number of nitrogens with one attached hydrogen (secondary N) is 2. The van der Waals surface area contributed by atoms with Gasteiger partial charge in [-0.2, -0.15) is 0 Å². The lowest BCUT2D eigenvalue weighted by atomic mass is 10.2. The summed E-state index contributed by atoms with van der Waals surface area (Å²) in [5.41, 5.74) is 0. The molecule has 12 heavy (non-hydrogen) atoms. The van der Waals surface area contributed by atoms with Gasteiger partial charge < -0.3 is 15.4 Å². The van der Waals surface area contributed by atoms with Crippen LogP contribution in [0, 0.1) is 0 Å². The normalized spacial score (nSPS) is 22.2. The summed E-state index contributed by atoms with van der Waals surface area (Å²) < 4.78 is 4.44. The summed E-state index contributed by atoms with van der Waals surface area (Å²) in [5, 5.41) is 6.01. The Balaban J connectivity index is 1.97. The second-order valence-electron chi connectivity index (χ2n) is 3.00. The fourth-order valence-electron chi connectivity index (χ4n) is 1.42. The van der Waals surface area contributed by atoms with E-state index in [-0.39, 0.29) is 6.09 Å². The molecule has 4 heteroatoms. The zero-order chi connectivity index (χ0) is 8.81. The number of ether oxygens (including phenoxy) is 1. The molecule has 0 aliphatic carbocycles. The monoisotopic (exact) mass is 172 g/mol. The fourth-order valence-corrected chi connectivity index (χ4v) is 1.42. The van der Waals surface area contributed by atoms with Crippen LogP contribution in [0.2, 0.25) is 0 Å².